The molecule has 0 amide bonds. The lowest BCUT2D eigenvalue weighted by Crippen LogP contribution is -2.14. The first-order chi connectivity index (χ1) is 28.0. The number of fused-ring (bicyclic) bond motifs is 9. The van der Waals surface area contributed by atoms with Gasteiger partial charge in [0, 0.05) is 22.1 Å². The molecule has 0 spiro atoms. The lowest BCUT2D eigenvalue weighted by molar-refractivity contribution is 0.660. The molecule has 1 aliphatic rings. The molecule has 268 valence electrons. The van der Waals surface area contributed by atoms with E-state index in [1.807, 2.05) is 6.07 Å². The van der Waals surface area contributed by atoms with E-state index in [-0.39, 0.29) is 5.41 Å². The van der Waals surface area contributed by atoms with Crippen molar-refractivity contribution in [1.29, 1.82) is 0 Å². The topological polar surface area (TPSA) is 38.7 Å². The van der Waals surface area contributed by atoms with Gasteiger partial charge in [0.2, 0.25) is 0 Å². The van der Waals surface area contributed by atoms with Crippen molar-refractivity contribution in [2.24, 2.45) is 0 Å². The summed E-state index contributed by atoms with van der Waals surface area (Å²) in [6, 6.07) is 67.2. The highest BCUT2D eigenvalue weighted by atomic mass is 15.0. The Bertz CT molecular complexity index is 3180. The fourth-order valence-electron chi connectivity index (χ4n) is 9.07. The second-order valence-corrected chi connectivity index (χ2v) is 15.6. The third-order valence-electron chi connectivity index (χ3n) is 11.9. The molecule has 0 N–H and O–H groups in total. The number of hydrogen-bond acceptors (Lipinski definition) is 3. The molecule has 1 aromatic heterocycles. The molecular weight excluding hydrogens is 691 g/mol. The van der Waals surface area contributed by atoms with Crippen LogP contribution in [0.15, 0.2) is 188 Å². The first-order valence-electron chi connectivity index (χ1n) is 19.6. The molecule has 1 heterocycles. The SMILES string of the molecule is CC1(C)c2ccccc2-c2ccc(-c3cccc(-c4nc(-c5ccc6c7ccccc7c7ccccc7c6c5)nc(-c5ccccc5-c5ccccc5)n4)c3)cc21. The van der Waals surface area contributed by atoms with Gasteiger partial charge in [0.15, 0.2) is 17.5 Å². The highest BCUT2D eigenvalue weighted by Crippen LogP contribution is 2.49. The van der Waals surface area contributed by atoms with E-state index >= 15 is 0 Å². The van der Waals surface area contributed by atoms with Crippen molar-refractivity contribution in [3.8, 4) is 67.5 Å². The number of rotatable bonds is 5. The second kappa shape index (κ2) is 12.9. The lowest BCUT2D eigenvalue weighted by Gasteiger charge is -2.22. The molecule has 11 rings (SSSR count). The predicted octanol–water partition coefficient (Wildman–Crippen LogP) is 14.0. The summed E-state index contributed by atoms with van der Waals surface area (Å²) in [7, 11) is 0. The maximum atomic E-state index is 5.27. The minimum atomic E-state index is -0.0822. The summed E-state index contributed by atoms with van der Waals surface area (Å²) < 4.78 is 0. The maximum Gasteiger partial charge on any atom is 0.164 e. The van der Waals surface area contributed by atoms with Gasteiger partial charge in [0.05, 0.1) is 0 Å². The van der Waals surface area contributed by atoms with Crippen LogP contribution in [0.2, 0.25) is 0 Å². The number of nitrogens with zero attached hydrogens (tertiary/aromatic N) is 3. The van der Waals surface area contributed by atoms with Gasteiger partial charge in [-0.25, -0.2) is 15.0 Å². The Kier molecular flexibility index (Phi) is 7.52. The van der Waals surface area contributed by atoms with Crippen molar-refractivity contribution in [1.82, 2.24) is 15.0 Å². The van der Waals surface area contributed by atoms with E-state index in [1.54, 1.807) is 0 Å². The molecule has 0 unspecified atom stereocenters. The van der Waals surface area contributed by atoms with Crippen molar-refractivity contribution in [2.75, 3.05) is 0 Å². The fourth-order valence-corrected chi connectivity index (χ4v) is 9.07. The Balaban J connectivity index is 1.10. The van der Waals surface area contributed by atoms with Crippen LogP contribution in [0.3, 0.4) is 0 Å². The first-order valence-corrected chi connectivity index (χ1v) is 19.6. The monoisotopic (exact) mass is 727 g/mol. The Hall–Kier alpha value is -7.23. The summed E-state index contributed by atoms with van der Waals surface area (Å²) in [5.41, 5.74) is 12.6. The van der Waals surface area contributed by atoms with Crippen LogP contribution in [-0.2, 0) is 5.41 Å². The van der Waals surface area contributed by atoms with Crippen molar-refractivity contribution in [2.45, 2.75) is 19.3 Å². The van der Waals surface area contributed by atoms with E-state index in [0.29, 0.717) is 17.5 Å². The molecule has 1 aliphatic carbocycles. The molecular formula is C54H37N3. The van der Waals surface area contributed by atoms with Gasteiger partial charge in [-0.1, -0.05) is 184 Å². The average molecular weight is 728 g/mol. The molecule has 0 aliphatic heterocycles. The Morgan fingerprint density at radius 1 is 0.281 bits per heavy atom. The second-order valence-electron chi connectivity index (χ2n) is 15.6. The molecule has 3 nitrogen and oxygen atoms in total. The Morgan fingerprint density at radius 3 is 1.47 bits per heavy atom. The molecule has 0 saturated carbocycles. The van der Waals surface area contributed by atoms with Crippen LogP contribution in [0.1, 0.15) is 25.0 Å². The van der Waals surface area contributed by atoms with E-state index in [0.717, 1.165) is 33.4 Å². The molecule has 10 aromatic rings. The summed E-state index contributed by atoms with van der Waals surface area (Å²) in [4.78, 5) is 15.8. The molecule has 0 fully saturated rings. The number of benzene rings is 9. The molecule has 0 bridgehead atoms. The lowest BCUT2D eigenvalue weighted by atomic mass is 9.81. The maximum absolute atomic E-state index is 5.27. The molecule has 9 aromatic carbocycles. The van der Waals surface area contributed by atoms with Crippen molar-refractivity contribution in [3.63, 3.8) is 0 Å². The van der Waals surface area contributed by atoms with Crippen LogP contribution in [0, 0.1) is 0 Å². The normalized spacial score (nSPS) is 12.9. The number of aromatic nitrogens is 3. The van der Waals surface area contributed by atoms with Crippen LogP contribution in [0.5, 0.6) is 0 Å². The van der Waals surface area contributed by atoms with E-state index in [1.165, 1.54) is 60.1 Å². The highest BCUT2D eigenvalue weighted by molar-refractivity contribution is 6.25. The average Bonchev–Trinajstić information content (AvgIpc) is 3.51. The van der Waals surface area contributed by atoms with Gasteiger partial charge >= 0.3 is 0 Å². The molecule has 0 saturated heterocycles. The van der Waals surface area contributed by atoms with Gasteiger partial charge in [0.25, 0.3) is 0 Å². The Morgan fingerprint density at radius 2 is 0.754 bits per heavy atom. The van der Waals surface area contributed by atoms with E-state index < -0.39 is 0 Å². The van der Waals surface area contributed by atoms with Gasteiger partial charge in [-0.15, -0.1) is 0 Å². The summed E-state index contributed by atoms with van der Waals surface area (Å²) in [5.74, 6) is 1.91. The van der Waals surface area contributed by atoms with Gasteiger partial charge in [-0.05, 0) is 95.0 Å². The first kappa shape index (κ1) is 33.1. The van der Waals surface area contributed by atoms with Crippen LogP contribution in [0.4, 0.5) is 0 Å². The van der Waals surface area contributed by atoms with Crippen LogP contribution < -0.4 is 0 Å². The van der Waals surface area contributed by atoms with E-state index in [4.69, 9.17) is 15.0 Å². The largest absolute Gasteiger partial charge is 0.208 e. The minimum absolute atomic E-state index is 0.0822. The number of hydrogen-bond donors (Lipinski definition) is 0. The summed E-state index contributed by atoms with van der Waals surface area (Å²) in [5, 5.41) is 7.34. The van der Waals surface area contributed by atoms with Crippen molar-refractivity contribution >= 4 is 32.3 Å². The van der Waals surface area contributed by atoms with Gasteiger partial charge < -0.3 is 0 Å². The standard InChI is InChI=1S/C54H37N3/c1-54(2)49-26-13-12-24-45(49)46-30-27-36(33-50(46)54)35-17-14-18-37(31-35)51-55-52(57-53(56-51)47-25-11-6-19-39(47)34-15-4-3-5-16-34)38-28-29-44-42-22-8-7-20-40(42)41-21-9-10-23-43(41)48(44)32-38/h3-33H,1-2H3. The summed E-state index contributed by atoms with van der Waals surface area (Å²) in [6.07, 6.45) is 0. The molecule has 3 heteroatoms. The van der Waals surface area contributed by atoms with Crippen LogP contribution in [-0.4, -0.2) is 15.0 Å². The Labute approximate surface area is 332 Å². The van der Waals surface area contributed by atoms with Crippen molar-refractivity contribution in [3.05, 3.63) is 199 Å². The third-order valence-corrected chi connectivity index (χ3v) is 11.9. The van der Waals surface area contributed by atoms with Crippen LogP contribution in [0.25, 0.3) is 99.9 Å². The van der Waals surface area contributed by atoms with Gasteiger partial charge in [0.1, 0.15) is 0 Å². The zero-order valence-corrected chi connectivity index (χ0v) is 31.7. The molecule has 0 atom stereocenters. The quantitative estimate of drug-likeness (QED) is 0.166. The zero-order chi connectivity index (χ0) is 38.1. The van der Waals surface area contributed by atoms with Gasteiger partial charge in [-0.2, -0.15) is 0 Å². The zero-order valence-electron chi connectivity index (χ0n) is 31.7. The summed E-state index contributed by atoms with van der Waals surface area (Å²) >= 11 is 0. The smallest absolute Gasteiger partial charge is 0.164 e. The minimum Gasteiger partial charge on any atom is -0.208 e. The van der Waals surface area contributed by atoms with E-state index in [2.05, 4.69) is 196 Å². The predicted molar refractivity (Wildman–Crippen MR) is 237 cm³/mol. The fraction of sp³-hybridized carbons (Fsp3) is 0.0556. The van der Waals surface area contributed by atoms with Crippen molar-refractivity contribution < 1.29 is 0 Å². The molecule has 0 radical (unpaired) electrons. The van der Waals surface area contributed by atoms with Crippen LogP contribution >= 0.6 is 0 Å². The van der Waals surface area contributed by atoms with E-state index in [9.17, 15) is 0 Å². The van der Waals surface area contributed by atoms with Gasteiger partial charge in [-0.3, -0.25) is 0 Å². The highest BCUT2D eigenvalue weighted by Gasteiger charge is 2.35. The summed E-state index contributed by atoms with van der Waals surface area (Å²) in [6.45, 7) is 4.66. The third kappa shape index (κ3) is 5.38. The molecule has 57 heavy (non-hydrogen) atoms.